The summed E-state index contributed by atoms with van der Waals surface area (Å²) in [6.45, 7) is 2.42. The number of carboxylic acid groups (broad SMARTS) is 1. The Balaban J connectivity index is 2.48. The molecule has 1 aliphatic carbocycles. The van der Waals surface area contributed by atoms with E-state index in [1.165, 1.54) is 19.3 Å². The number of carbonyl (C=O) groups is 4. The van der Waals surface area contributed by atoms with E-state index in [0.717, 1.165) is 64.2 Å². The summed E-state index contributed by atoms with van der Waals surface area (Å²) >= 11 is 0. The number of hydrogen-bond acceptors (Lipinski definition) is 11. The number of ketones is 1. The number of aliphatic carboxylic acids is 1. The fourth-order valence-corrected chi connectivity index (χ4v) is 6.93. The van der Waals surface area contributed by atoms with Crippen molar-refractivity contribution in [2.75, 3.05) is 19.8 Å². The number of aliphatic hydroxyl groups excluding tert-OH is 1. The highest BCUT2D eigenvalue weighted by Crippen LogP contribution is 2.43. The molecule has 0 radical (unpaired) electrons. The quantitative estimate of drug-likeness (QED) is 0.0197. The van der Waals surface area contributed by atoms with Gasteiger partial charge in [0.05, 0.1) is 19.3 Å². The number of phosphoric acid groups is 1. The number of nitrogens with two attached hydrogens (primary N) is 1. The molecule has 0 saturated carbocycles. The Hall–Kier alpha value is -3.71. The molecule has 0 spiro atoms. The molecular formula is C48H76NO12P. The molecule has 6 atom stereocenters. The zero-order valence-corrected chi connectivity index (χ0v) is 38.2. The Bertz CT molecular complexity index is 1520. The molecule has 0 amide bonds. The Morgan fingerprint density at radius 2 is 1.31 bits per heavy atom. The van der Waals surface area contributed by atoms with Gasteiger partial charge in [0.15, 0.2) is 11.9 Å². The van der Waals surface area contributed by atoms with E-state index in [2.05, 4.69) is 67.0 Å². The van der Waals surface area contributed by atoms with Crippen LogP contribution in [-0.2, 0) is 42.3 Å². The number of phosphoric ester groups is 1. The summed E-state index contributed by atoms with van der Waals surface area (Å²) in [5.74, 6) is -2.94. The summed E-state index contributed by atoms with van der Waals surface area (Å²) < 4.78 is 32.7. The van der Waals surface area contributed by atoms with E-state index in [0.29, 0.717) is 32.1 Å². The third-order valence-corrected chi connectivity index (χ3v) is 10.8. The van der Waals surface area contributed by atoms with Gasteiger partial charge in [-0.1, -0.05) is 131 Å². The SMILES string of the molecule is CCCCC/C=C\C/C=C\C/C=C\C/C=C\CCCCCC(=O)OC[C@H](COP(=O)(O)OC[C@H](N)C(=O)O)OC(=O)CCC/C=C\C[C@H]1C=CC(=O)[C@@H]1/C=C/[C@@H](O)CCCCC. The number of carbonyl (C=O) groups excluding carboxylic acids is 3. The standard InChI is InChI=1S/C48H76NO12P/c1-3-5-7-8-9-10-11-12-13-14-15-16-17-18-19-20-21-22-27-31-46(52)58-37-42(38-59-62(56,57)60-39-44(49)48(54)55)61-47(53)32-28-24-23-26-29-40-33-36-45(51)43(40)35-34-41(50)30-25-6-4-2/h9-10,12-13,15-16,18-19,23,26,33-36,40-44,50H,3-8,11,14,17,20-22,24-25,27-32,37-39,49H2,1-2H3,(H,54,55)(H,56,57)/b10-9-,13-12-,16-15-,19-18-,26-23-,35-34+/t40-,41-,42+,43+,44-/m0/s1. The first-order valence-corrected chi connectivity index (χ1v) is 24.2. The molecule has 0 aromatic carbocycles. The molecule has 350 valence electrons. The molecule has 0 bridgehead atoms. The van der Waals surface area contributed by atoms with Gasteiger partial charge >= 0.3 is 25.7 Å². The monoisotopic (exact) mass is 890 g/mol. The van der Waals surface area contributed by atoms with Crippen molar-refractivity contribution >= 4 is 31.5 Å². The summed E-state index contributed by atoms with van der Waals surface area (Å²) in [5.41, 5.74) is 5.33. The summed E-state index contributed by atoms with van der Waals surface area (Å²) in [7, 11) is -4.79. The largest absolute Gasteiger partial charge is 0.480 e. The van der Waals surface area contributed by atoms with Crippen LogP contribution in [0.4, 0.5) is 0 Å². The average Bonchev–Trinajstić information content (AvgIpc) is 3.60. The van der Waals surface area contributed by atoms with Crippen LogP contribution in [0, 0.1) is 11.8 Å². The number of rotatable bonds is 38. The molecule has 62 heavy (non-hydrogen) atoms. The molecule has 0 aromatic heterocycles. The van der Waals surface area contributed by atoms with Gasteiger partial charge in [-0.25, -0.2) is 4.57 Å². The molecule has 0 fully saturated rings. The molecule has 0 aromatic rings. The highest BCUT2D eigenvalue weighted by atomic mass is 31.2. The van der Waals surface area contributed by atoms with Gasteiger partial charge < -0.3 is 30.3 Å². The predicted octanol–water partition coefficient (Wildman–Crippen LogP) is 9.90. The highest BCUT2D eigenvalue weighted by molar-refractivity contribution is 7.47. The van der Waals surface area contributed by atoms with E-state index >= 15 is 0 Å². The van der Waals surface area contributed by atoms with Gasteiger partial charge in [0.2, 0.25) is 0 Å². The molecule has 0 saturated heterocycles. The van der Waals surface area contributed by atoms with Crippen LogP contribution in [-0.4, -0.2) is 76.9 Å². The van der Waals surface area contributed by atoms with Gasteiger partial charge in [0, 0.05) is 18.8 Å². The maximum Gasteiger partial charge on any atom is 0.472 e. The number of ether oxygens (including phenoxy) is 2. The number of aliphatic hydroxyl groups is 1. The van der Waals surface area contributed by atoms with E-state index < -0.39 is 63.8 Å². The Morgan fingerprint density at radius 3 is 1.95 bits per heavy atom. The van der Waals surface area contributed by atoms with Gasteiger partial charge in [-0.15, -0.1) is 0 Å². The molecule has 13 nitrogen and oxygen atoms in total. The summed E-state index contributed by atoms with van der Waals surface area (Å²) in [6.07, 6.45) is 42.8. The van der Waals surface area contributed by atoms with Crippen molar-refractivity contribution in [3.05, 3.63) is 85.1 Å². The fraction of sp³-hybridized carbons (Fsp3) is 0.625. The number of hydrogen-bond donors (Lipinski definition) is 4. The first-order valence-electron chi connectivity index (χ1n) is 22.7. The Morgan fingerprint density at radius 1 is 0.742 bits per heavy atom. The van der Waals surface area contributed by atoms with Crippen LogP contribution >= 0.6 is 7.82 Å². The van der Waals surface area contributed by atoms with Crippen molar-refractivity contribution in [3.63, 3.8) is 0 Å². The van der Waals surface area contributed by atoms with Crippen molar-refractivity contribution in [1.29, 1.82) is 0 Å². The number of allylic oxidation sites excluding steroid dienone is 13. The van der Waals surface area contributed by atoms with Crippen LogP contribution in [0.5, 0.6) is 0 Å². The zero-order valence-electron chi connectivity index (χ0n) is 37.3. The molecule has 5 N–H and O–H groups in total. The first-order chi connectivity index (χ1) is 29.9. The lowest BCUT2D eigenvalue weighted by atomic mass is 9.90. The summed E-state index contributed by atoms with van der Waals surface area (Å²) in [6, 6.07) is -1.56. The Kier molecular flexibility index (Phi) is 33.4. The van der Waals surface area contributed by atoms with E-state index in [9.17, 15) is 33.7 Å². The maximum absolute atomic E-state index is 12.7. The fourth-order valence-electron chi connectivity index (χ4n) is 6.15. The van der Waals surface area contributed by atoms with Gasteiger partial charge in [-0.05, 0) is 89.0 Å². The second-order valence-electron chi connectivity index (χ2n) is 15.5. The van der Waals surface area contributed by atoms with Crippen molar-refractivity contribution < 1.29 is 57.4 Å². The molecule has 0 heterocycles. The molecular weight excluding hydrogens is 813 g/mol. The Labute approximate surface area is 370 Å². The minimum absolute atomic E-state index is 0.00191. The van der Waals surface area contributed by atoms with Crippen LogP contribution in [0.15, 0.2) is 85.1 Å². The van der Waals surface area contributed by atoms with Gasteiger partial charge in [0.1, 0.15) is 12.6 Å². The first kappa shape index (κ1) is 56.3. The highest BCUT2D eigenvalue weighted by Gasteiger charge is 2.29. The molecule has 1 unspecified atom stereocenters. The maximum atomic E-state index is 12.7. The number of carboxylic acids is 1. The average molecular weight is 890 g/mol. The molecule has 0 aliphatic heterocycles. The molecule has 14 heteroatoms. The van der Waals surface area contributed by atoms with E-state index in [1.54, 1.807) is 18.2 Å². The molecule has 1 rings (SSSR count). The van der Waals surface area contributed by atoms with Gasteiger partial charge in [0.25, 0.3) is 0 Å². The van der Waals surface area contributed by atoms with Crippen LogP contribution in [0.1, 0.15) is 142 Å². The predicted molar refractivity (Wildman–Crippen MR) is 244 cm³/mol. The lowest BCUT2D eigenvalue weighted by Crippen LogP contribution is -2.34. The second kappa shape index (κ2) is 36.7. The topological polar surface area (TPSA) is 209 Å². The third-order valence-electron chi connectivity index (χ3n) is 9.86. The smallest absolute Gasteiger partial charge is 0.472 e. The van der Waals surface area contributed by atoms with Crippen LogP contribution in [0.25, 0.3) is 0 Å². The normalized spacial score (nSPS) is 18.2. The summed E-state index contributed by atoms with van der Waals surface area (Å²) in [4.78, 5) is 58.6. The zero-order chi connectivity index (χ0) is 45.7. The lowest BCUT2D eigenvalue weighted by molar-refractivity contribution is -0.161. The van der Waals surface area contributed by atoms with Gasteiger partial charge in [-0.3, -0.25) is 28.2 Å². The summed E-state index contributed by atoms with van der Waals surface area (Å²) in [5, 5.41) is 19.1. The minimum atomic E-state index is -4.79. The van der Waals surface area contributed by atoms with Crippen LogP contribution in [0.2, 0.25) is 0 Å². The number of esters is 2. The van der Waals surface area contributed by atoms with Crippen molar-refractivity contribution in [3.8, 4) is 0 Å². The van der Waals surface area contributed by atoms with Crippen molar-refractivity contribution in [2.24, 2.45) is 17.6 Å². The van der Waals surface area contributed by atoms with E-state index in [4.69, 9.17) is 24.8 Å². The number of unbranched alkanes of at least 4 members (excludes halogenated alkanes) is 9. The third kappa shape index (κ3) is 31.2. The van der Waals surface area contributed by atoms with Crippen LogP contribution < -0.4 is 5.73 Å². The second-order valence-corrected chi connectivity index (χ2v) is 16.9. The van der Waals surface area contributed by atoms with E-state index in [-0.39, 0.29) is 30.5 Å². The van der Waals surface area contributed by atoms with Crippen molar-refractivity contribution in [2.45, 2.75) is 161 Å². The van der Waals surface area contributed by atoms with Gasteiger partial charge in [-0.2, -0.15) is 0 Å². The minimum Gasteiger partial charge on any atom is -0.480 e. The van der Waals surface area contributed by atoms with Crippen molar-refractivity contribution in [1.82, 2.24) is 0 Å². The lowest BCUT2D eigenvalue weighted by Gasteiger charge is -2.20. The van der Waals surface area contributed by atoms with E-state index in [1.807, 2.05) is 18.2 Å². The van der Waals surface area contributed by atoms with Crippen LogP contribution in [0.3, 0.4) is 0 Å². The molecule has 1 aliphatic rings.